The number of carbonyl (C=O) groups is 1. The van der Waals surface area contributed by atoms with E-state index in [2.05, 4.69) is 0 Å². The van der Waals surface area contributed by atoms with Gasteiger partial charge in [0.05, 0.1) is 19.1 Å². The predicted octanol–water partition coefficient (Wildman–Crippen LogP) is -0.437. The highest BCUT2D eigenvalue weighted by molar-refractivity contribution is 6.62. The van der Waals surface area contributed by atoms with Gasteiger partial charge in [-0.05, 0) is 35.6 Å². The lowest BCUT2D eigenvalue weighted by molar-refractivity contribution is -0.145. The Hall–Kier alpha value is -1.57. The summed E-state index contributed by atoms with van der Waals surface area (Å²) in [6, 6.07) is 2.93. The monoisotopic (exact) mass is 265 g/mol. The maximum absolute atomic E-state index is 11.5. The molecule has 0 saturated heterocycles. The van der Waals surface area contributed by atoms with Crippen LogP contribution in [0.1, 0.15) is 30.6 Å². The maximum atomic E-state index is 11.5. The summed E-state index contributed by atoms with van der Waals surface area (Å²) in [5, 5.41) is 19.4. The smallest absolute Gasteiger partial charge is 0.492 e. The molecule has 7 heteroatoms. The molecule has 1 aromatic rings. The van der Waals surface area contributed by atoms with Crippen molar-refractivity contribution >= 4 is 18.6 Å². The Morgan fingerprint density at radius 2 is 2.32 bits per heavy atom. The van der Waals surface area contributed by atoms with Crippen molar-refractivity contribution in [2.75, 3.05) is 6.61 Å². The van der Waals surface area contributed by atoms with E-state index in [0.29, 0.717) is 23.2 Å². The number of carbonyl (C=O) groups excluding carboxylic acids is 1. The normalized spacial score (nSPS) is 17.4. The number of esters is 1. The molecule has 1 aliphatic heterocycles. The number of nitrogens with two attached hydrogens (primary N) is 1. The average molecular weight is 265 g/mol. The van der Waals surface area contributed by atoms with Gasteiger partial charge in [0.15, 0.2) is 0 Å². The van der Waals surface area contributed by atoms with Gasteiger partial charge >= 0.3 is 13.1 Å². The molecule has 1 aromatic carbocycles. The van der Waals surface area contributed by atoms with Crippen LogP contribution in [-0.2, 0) is 20.7 Å². The van der Waals surface area contributed by atoms with Crippen LogP contribution < -0.4 is 11.2 Å². The van der Waals surface area contributed by atoms with Crippen LogP contribution in [-0.4, -0.2) is 29.8 Å². The van der Waals surface area contributed by atoms with Crippen LogP contribution in [0.2, 0.25) is 0 Å². The van der Waals surface area contributed by atoms with Gasteiger partial charge in [0.2, 0.25) is 0 Å². The third-order valence-electron chi connectivity index (χ3n) is 3.04. The van der Waals surface area contributed by atoms with E-state index in [4.69, 9.17) is 15.1 Å². The summed E-state index contributed by atoms with van der Waals surface area (Å²) in [5.74, 6) is -0.387. The molecule has 6 nitrogen and oxygen atoms in total. The number of phenols is 1. The minimum atomic E-state index is -1.16. The maximum Gasteiger partial charge on any atom is 0.492 e. The zero-order valence-electron chi connectivity index (χ0n) is 10.6. The van der Waals surface area contributed by atoms with E-state index < -0.39 is 19.2 Å². The Balaban J connectivity index is 2.31. The van der Waals surface area contributed by atoms with E-state index in [9.17, 15) is 14.9 Å². The predicted molar refractivity (Wildman–Crippen MR) is 68.7 cm³/mol. The van der Waals surface area contributed by atoms with Gasteiger partial charge in [-0.2, -0.15) is 0 Å². The first kappa shape index (κ1) is 13.9. The minimum absolute atomic E-state index is 0.00960. The Morgan fingerprint density at radius 1 is 1.58 bits per heavy atom. The first-order chi connectivity index (χ1) is 9.06. The lowest BCUT2D eigenvalue weighted by Gasteiger charge is -2.14. The Morgan fingerprint density at radius 3 is 2.95 bits per heavy atom. The summed E-state index contributed by atoms with van der Waals surface area (Å²) in [6.45, 7) is 2.20. The van der Waals surface area contributed by atoms with Crippen molar-refractivity contribution < 1.29 is 24.3 Å². The van der Waals surface area contributed by atoms with Crippen molar-refractivity contribution in [1.29, 1.82) is 0 Å². The molecule has 0 amide bonds. The molecule has 1 aliphatic rings. The number of benzene rings is 1. The summed E-state index contributed by atoms with van der Waals surface area (Å²) in [7, 11) is -1.16. The molecule has 4 N–H and O–H groups in total. The molecule has 1 atom stereocenters. The van der Waals surface area contributed by atoms with Crippen LogP contribution in [0.25, 0.3) is 0 Å². The van der Waals surface area contributed by atoms with Crippen molar-refractivity contribution in [3.8, 4) is 5.75 Å². The van der Waals surface area contributed by atoms with E-state index in [-0.39, 0.29) is 18.7 Å². The van der Waals surface area contributed by atoms with Gasteiger partial charge in [-0.15, -0.1) is 0 Å². The number of ether oxygens (including phenoxy) is 1. The molecule has 0 aromatic heterocycles. The molecule has 0 aliphatic carbocycles. The number of hydrogen-bond acceptors (Lipinski definition) is 6. The summed E-state index contributed by atoms with van der Waals surface area (Å²) in [4.78, 5) is 11.5. The Labute approximate surface area is 111 Å². The lowest BCUT2D eigenvalue weighted by Crippen LogP contribution is -2.28. The molecule has 0 spiro atoms. The summed E-state index contributed by atoms with van der Waals surface area (Å²) in [6.07, 6.45) is -0.585. The first-order valence-corrected chi connectivity index (χ1v) is 6.11. The number of fused-ring (bicyclic) bond motifs is 1. The van der Waals surface area contributed by atoms with Gasteiger partial charge in [-0.25, -0.2) is 0 Å². The molecule has 2 rings (SSSR count). The lowest BCUT2D eigenvalue weighted by atomic mass is 9.77. The van der Waals surface area contributed by atoms with Crippen LogP contribution >= 0.6 is 0 Å². The van der Waals surface area contributed by atoms with E-state index >= 15 is 0 Å². The van der Waals surface area contributed by atoms with Crippen molar-refractivity contribution in [3.63, 3.8) is 0 Å². The highest BCUT2D eigenvalue weighted by Crippen LogP contribution is 2.31. The topological polar surface area (TPSA) is 102 Å². The van der Waals surface area contributed by atoms with Crippen LogP contribution in [0.4, 0.5) is 0 Å². The molecule has 0 saturated carbocycles. The second kappa shape index (κ2) is 5.60. The first-order valence-electron chi connectivity index (χ1n) is 6.11. The van der Waals surface area contributed by atoms with Crippen molar-refractivity contribution in [3.05, 3.63) is 23.3 Å². The molecule has 102 valence electrons. The van der Waals surface area contributed by atoms with Crippen LogP contribution in [0.15, 0.2) is 12.1 Å². The van der Waals surface area contributed by atoms with Crippen molar-refractivity contribution in [2.24, 2.45) is 5.73 Å². The highest BCUT2D eigenvalue weighted by Gasteiger charge is 2.38. The van der Waals surface area contributed by atoms with Gasteiger partial charge in [-0.1, -0.05) is 0 Å². The number of rotatable bonds is 4. The van der Waals surface area contributed by atoms with E-state index in [1.807, 2.05) is 0 Å². The number of aromatic hydroxyl groups is 1. The number of hydrogen-bond donors (Lipinski definition) is 3. The van der Waals surface area contributed by atoms with Gasteiger partial charge in [0.25, 0.3) is 0 Å². The molecular weight excluding hydrogens is 249 g/mol. The number of phenolic OH excluding ortho intramolecular Hbond substituents is 1. The molecule has 1 unspecified atom stereocenters. The second-order valence-electron chi connectivity index (χ2n) is 4.30. The Bertz CT molecular complexity index is 493. The average Bonchev–Trinajstić information content (AvgIpc) is 2.65. The molecular formula is C12H16BNO5. The SMILES string of the molecule is CCOC(=O)CC1OB(O)c2cc(O)cc(CN)c21. The van der Waals surface area contributed by atoms with Crippen LogP contribution in [0, 0.1) is 0 Å². The third kappa shape index (κ3) is 2.73. The second-order valence-corrected chi connectivity index (χ2v) is 4.30. The molecule has 19 heavy (non-hydrogen) atoms. The van der Waals surface area contributed by atoms with Crippen molar-refractivity contribution in [2.45, 2.75) is 26.0 Å². The van der Waals surface area contributed by atoms with E-state index in [0.717, 1.165) is 0 Å². The zero-order valence-corrected chi connectivity index (χ0v) is 10.6. The fourth-order valence-electron chi connectivity index (χ4n) is 2.30. The third-order valence-corrected chi connectivity index (χ3v) is 3.04. The quantitative estimate of drug-likeness (QED) is 0.504. The Kier molecular flexibility index (Phi) is 4.09. The van der Waals surface area contributed by atoms with Gasteiger partial charge < -0.3 is 25.3 Å². The van der Waals surface area contributed by atoms with Crippen LogP contribution in [0.3, 0.4) is 0 Å². The summed E-state index contributed by atoms with van der Waals surface area (Å²) < 4.78 is 10.2. The fraction of sp³-hybridized carbons (Fsp3) is 0.417. The summed E-state index contributed by atoms with van der Waals surface area (Å²) in [5.41, 5.74) is 7.40. The van der Waals surface area contributed by atoms with E-state index in [1.54, 1.807) is 6.92 Å². The van der Waals surface area contributed by atoms with E-state index in [1.165, 1.54) is 12.1 Å². The standard InChI is InChI=1S/C12H16BNO5/c1-2-18-11(16)5-10-12-7(6-14)3-8(15)4-9(12)13(17)19-10/h3-4,10,15,17H,2,5-6,14H2,1H3. The van der Waals surface area contributed by atoms with Gasteiger partial charge in [-0.3, -0.25) is 4.79 Å². The van der Waals surface area contributed by atoms with Gasteiger partial charge in [0.1, 0.15) is 5.75 Å². The molecule has 1 heterocycles. The van der Waals surface area contributed by atoms with Gasteiger partial charge in [0, 0.05) is 6.54 Å². The largest absolute Gasteiger partial charge is 0.508 e. The highest BCUT2D eigenvalue weighted by atomic mass is 16.5. The zero-order chi connectivity index (χ0) is 14.0. The summed E-state index contributed by atoms with van der Waals surface area (Å²) >= 11 is 0. The fourth-order valence-corrected chi connectivity index (χ4v) is 2.30. The van der Waals surface area contributed by atoms with Crippen LogP contribution in [0.5, 0.6) is 5.75 Å². The van der Waals surface area contributed by atoms with Crippen molar-refractivity contribution in [1.82, 2.24) is 0 Å². The molecule has 0 radical (unpaired) electrons. The molecule has 0 bridgehead atoms. The minimum Gasteiger partial charge on any atom is -0.508 e. The molecule has 0 fully saturated rings.